The molecule has 3 aromatic rings. The second-order valence-electron chi connectivity index (χ2n) is 7.52. The number of anilines is 1. The molecule has 0 aliphatic carbocycles. The van der Waals surface area contributed by atoms with Crippen LogP contribution in [0.15, 0.2) is 72.3 Å². The van der Waals surface area contributed by atoms with Gasteiger partial charge in [0.15, 0.2) is 11.5 Å². The lowest BCUT2D eigenvalue weighted by Crippen LogP contribution is -2.29. The second-order valence-corrected chi connectivity index (χ2v) is 7.93. The van der Waals surface area contributed by atoms with Crippen molar-refractivity contribution in [2.45, 2.75) is 20.0 Å². The number of hydrogen-bond acceptors (Lipinski definition) is 4. The zero-order valence-corrected chi connectivity index (χ0v) is 19.0. The molecule has 33 heavy (non-hydrogen) atoms. The van der Waals surface area contributed by atoms with Crippen LogP contribution in [-0.4, -0.2) is 19.1 Å². The molecule has 0 saturated carbocycles. The topological polar surface area (TPSA) is 62.6 Å². The molecule has 166 valence electrons. The number of amides is 1. The molecule has 0 N–H and O–H groups in total. The van der Waals surface area contributed by atoms with Gasteiger partial charge in [0, 0.05) is 22.8 Å². The number of carbonyl (C=O) groups excluding carboxylic acids is 1. The van der Waals surface area contributed by atoms with Crippen LogP contribution in [0.5, 0.6) is 11.5 Å². The van der Waals surface area contributed by atoms with Crippen molar-refractivity contribution in [3.05, 3.63) is 94.0 Å². The zero-order chi connectivity index (χ0) is 23.2. The van der Waals surface area contributed by atoms with Gasteiger partial charge in [0.2, 0.25) is 0 Å². The van der Waals surface area contributed by atoms with Crippen LogP contribution >= 0.6 is 11.6 Å². The van der Waals surface area contributed by atoms with Crippen molar-refractivity contribution in [2.24, 2.45) is 0 Å². The lowest BCUT2D eigenvalue weighted by Gasteiger charge is -2.17. The van der Waals surface area contributed by atoms with Crippen molar-refractivity contribution >= 4 is 29.3 Å². The van der Waals surface area contributed by atoms with Gasteiger partial charge < -0.3 is 14.4 Å². The Labute approximate surface area is 198 Å². The molecule has 5 nitrogen and oxygen atoms in total. The highest BCUT2D eigenvalue weighted by atomic mass is 35.5. The quantitative estimate of drug-likeness (QED) is 0.331. The molecule has 0 spiro atoms. The van der Waals surface area contributed by atoms with E-state index in [4.69, 9.17) is 21.1 Å². The van der Waals surface area contributed by atoms with E-state index in [2.05, 4.69) is 6.07 Å². The summed E-state index contributed by atoms with van der Waals surface area (Å²) in [6.45, 7) is 3.20. The fourth-order valence-electron chi connectivity index (χ4n) is 3.78. The van der Waals surface area contributed by atoms with Crippen molar-refractivity contribution in [1.29, 1.82) is 5.26 Å². The minimum absolute atomic E-state index is 0.0684. The Bertz CT molecular complexity index is 1250. The van der Waals surface area contributed by atoms with Crippen LogP contribution in [-0.2, 0) is 17.8 Å². The van der Waals surface area contributed by atoms with E-state index in [1.807, 2.05) is 55.5 Å². The average molecular weight is 459 g/mol. The lowest BCUT2D eigenvalue weighted by atomic mass is 10.1. The number of ether oxygens (including phenoxy) is 2. The molecule has 0 aromatic heterocycles. The number of rotatable bonds is 7. The first-order chi connectivity index (χ1) is 16.1. The minimum atomic E-state index is -0.306. The predicted octanol–water partition coefficient (Wildman–Crippen LogP) is 5.81. The van der Waals surface area contributed by atoms with Crippen LogP contribution in [0.4, 0.5) is 5.69 Å². The van der Waals surface area contributed by atoms with Gasteiger partial charge in [-0.25, -0.2) is 0 Å². The number of halogens is 1. The zero-order valence-electron chi connectivity index (χ0n) is 18.3. The van der Waals surface area contributed by atoms with Gasteiger partial charge in [-0.05, 0) is 54.8 Å². The fraction of sp³-hybridized carbons (Fsp3) is 0.185. The van der Waals surface area contributed by atoms with E-state index in [1.54, 1.807) is 29.2 Å². The SMILES string of the molecule is CCOc1cc(/C=C(\C#N)C(=O)N2CCc3ccccc32)ccc1OCc1ccccc1Cl. The van der Waals surface area contributed by atoms with E-state index in [0.717, 1.165) is 23.2 Å². The van der Waals surface area contributed by atoms with Gasteiger partial charge in [-0.15, -0.1) is 0 Å². The summed E-state index contributed by atoms with van der Waals surface area (Å²) in [4.78, 5) is 14.7. The van der Waals surface area contributed by atoms with Gasteiger partial charge in [0.1, 0.15) is 18.2 Å². The molecule has 0 fully saturated rings. The van der Waals surface area contributed by atoms with Crippen LogP contribution in [0.2, 0.25) is 5.02 Å². The molecule has 0 radical (unpaired) electrons. The Morgan fingerprint density at radius 3 is 2.67 bits per heavy atom. The third-order valence-electron chi connectivity index (χ3n) is 5.40. The number of carbonyl (C=O) groups is 1. The van der Waals surface area contributed by atoms with E-state index in [-0.39, 0.29) is 11.5 Å². The van der Waals surface area contributed by atoms with E-state index in [9.17, 15) is 10.1 Å². The molecule has 1 amide bonds. The summed E-state index contributed by atoms with van der Waals surface area (Å²) in [7, 11) is 0. The molecule has 6 heteroatoms. The number of nitrogens with zero attached hydrogens (tertiary/aromatic N) is 2. The molecule has 0 saturated heterocycles. The van der Waals surface area contributed by atoms with Crippen molar-refractivity contribution < 1.29 is 14.3 Å². The molecule has 0 atom stereocenters. The van der Waals surface area contributed by atoms with Crippen molar-refractivity contribution in [3.8, 4) is 17.6 Å². The van der Waals surface area contributed by atoms with Crippen LogP contribution in [0, 0.1) is 11.3 Å². The summed E-state index contributed by atoms with van der Waals surface area (Å²) in [5.41, 5.74) is 3.59. The molecule has 1 heterocycles. The standard InChI is InChI=1S/C27H23ClN2O3/c1-2-32-26-16-19(11-12-25(26)33-18-21-8-3-5-9-23(21)28)15-22(17-29)27(31)30-14-13-20-7-4-6-10-24(20)30/h3-12,15-16H,2,13-14,18H2,1H3/b22-15+. The van der Waals surface area contributed by atoms with Gasteiger partial charge >= 0.3 is 0 Å². The highest BCUT2D eigenvalue weighted by molar-refractivity contribution is 6.31. The number of fused-ring (bicyclic) bond motifs is 1. The monoisotopic (exact) mass is 458 g/mol. The number of benzene rings is 3. The second kappa shape index (κ2) is 10.2. The summed E-state index contributed by atoms with van der Waals surface area (Å²) in [6.07, 6.45) is 2.37. The molecule has 1 aliphatic rings. The molecule has 4 rings (SSSR count). The van der Waals surface area contributed by atoms with Gasteiger partial charge in [-0.3, -0.25) is 4.79 Å². The van der Waals surface area contributed by atoms with E-state index in [0.29, 0.717) is 41.8 Å². The summed E-state index contributed by atoms with van der Waals surface area (Å²) >= 11 is 6.22. The number of hydrogen-bond donors (Lipinski definition) is 0. The first-order valence-corrected chi connectivity index (χ1v) is 11.1. The Hall–Kier alpha value is -3.75. The van der Waals surface area contributed by atoms with Gasteiger partial charge in [0.25, 0.3) is 5.91 Å². The third kappa shape index (κ3) is 5.02. The van der Waals surface area contributed by atoms with Crippen molar-refractivity contribution in [3.63, 3.8) is 0 Å². The summed E-state index contributed by atoms with van der Waals surface area (Å²) in [5.74, 6) is 0.793. The smallest absolute Gasteiger partial charge is 0.268 e. The maximum absolute atomic E-state index is 13.1. The fourth-order valence-corrected chi connectivity index (χ4v) is 3.97. The number of nitriles is 1. The highest BCUT2D eigenvalue weighted by Gasteiger charge is 2.26. The summed E-state index contributed by atoms with van der Waals surface area (Å²) in [5, 5.41) is 10.3. The lowest BCUT2D eigenvalue weighted by molar-refractivity contribution is -0.114. The maximum Gasteiger partial charge on any atom is 0.268 e. The highest BCUT2D eigenvalue weighted by Crippen LogP contribution is 2.32. The van der Waals surface area contributed by atoms with Crippen LogP contribution in [0.3, 0.4) is 0 Å². The number of para-hydroxylation sites is 1. The average Bonchev–Trinajstić information content (AvgIpc) is 3.27. The summed E-state index contributed by atoms with van der Waals surface area (Å²) < 4.78 is 11.7. The molecule has 0 unspecified atom stereocenters. The van der Waals surface area contributed by atoms with E-state index >= 15 is 0 Å². The first kappa shape index (κ1) is 22.4. The van der Waals surface area contributed by atoms with Crippen molar-refractivity contribution in [1.82, 2.24) is 0 Å². The van der Waals surface area contributed by atoms with Crippen LogP contribution in [0.1, 0.15) is 23.6 Å². The molecule has 3 aromatic carbocycles. The Morgan fingerprint density at radius 1 is 1.09 bits per heavy atom. The summed E-state index contributed by atoms with van der Waals surface area (Å²) in [6, 6.07) is 22.7. The van der Waals surface area contributed by atoms with Gasteiger partial charge in [0.05, 0.1) is 6.61 Å². The Kier molecular flexibility index (Phi) is 6.97. The van der Waals surface area contributed by atoms with Crippen LogP contribution in [0.25, 0.3) is 6.08 Å². The van der Waals surface area contributed by atoms with E-state index < -0.39 is 0 Å². The Balaban J connectivity index is 1.56. The predicted molar refractivity (Wildman–Crippen MR) is 129 cm³/mol. The molecular weight excluding hydrogens is 436 g/mol. The molecule has 1 aliphatic heterocycles. The van der Waals surface area contributed by atoms with Crippen molar-refractivity contribution in [2.75, 3.05) is 18.1 Å². The largest absolute Gasteiger partial charge is 0.490 e. The maximum atomic E-state index is 13.1. The molecular formula is C27H23ClN2O3. The van der Waals surface area contributed by atoms with Crippen LogP contribution < -0.4 is 14.4 Å². The molecule has 0 bridgehead atoms. The van der Waals surface area contributed by atoms with Gasteiger partial charge in [-0.2, -0.15) is 5.26 Å². The third-order valence-corrected chi connectivity index (χ3v) is 5.77. The van der Waals surface area contributed by atoms with E-state index in [1.165, 1.54) is 0 Å². The minimum Gasteiger partial charge on any atom is -0.490 e. The normalized spacial score (nSPS) is 12.8. The van der Waals surface area contributed by atoms with Gasteiger partial charge in [-0.1, -0.05) is 54.1 Å². The first-order valence-electron chi connectivity index (χ1n) is 10.8. The Morgan fingerprint density at radius 2 is 1.88 bits per heavy atom.